The van der Waals surface area contributed by atoms with E-state index in [1.54, 1.807) is 11.3 Å². The minimum absolute atomic E-state index is 0.620. The van der Waals surface area contributed by atoms with E-state index < -0.39 is 5.41 Å². The van der Waals surface area contributed by atoms with E-state index in [4.69, 9.17) is 19.9 Å². The molecular weight excluding hydrogens is 787 g/mol. The van der Waals surface area contributed by atoms with Crippen LogP contribution in [0.5, 0.6) is 0 Å². The zero-order valence-corrected chi connectivity index (χ0v) is 34.7. The van der Waals surface area contributed by atoms with Gasteiger partial charge in [-0.15, -0.1) is 11.3 Å². The highest BCUT2D eigenvalue weighted by Gasteiger charge is 2.47. The van der Waals surface area contributed by atoms with Gasteiger partial charge in [0.25, 0.3) is 0 Å². The lowest BCUT2D eigenvalue weighted by molar-refractivity contribution is 0.735. The molecule has 0 bridgehead atoms. The number of thiophene rings is 1. The van der Waals surface area contributed by atoms with Gasteiger partial charge in [0, 0.05) is 59.5 Å². The maximum Gasteiger partial charge on any atom is 0.165 e. The highest BCUT2D eigenvalue weighted by Crippen LogP contribution is 2.57. The lowest BCUT2D eigenvalue weighted by Crippen LogP contribution is -2.29. The van der Waals surface area contributed by atoms with Crippen LogP contribution in [0, 0.1) is 0 Å². The highest BCUT2D eigenvalue weighted by molar-refractivity contribution is 7.26. The SMILES string of the molecule is c1ccc(-c2nc(-c3cccc(-n4c5ccccc5c5cc6c(cc54)C(c4ccccc4)(c4ccccn4)c4ccccc4-6)c3)nc(-c3cccc4c3sc3ccccc34)n2)cc1. The van der Waals surface area contributed by atoms with E-state index in [0.717, 1.165) is 39.1 Å². The molecule has 0 amide bonds. The molecule has 0 spiro atoms. The number of aromatic nitrogens is 5. The smallest absolute Gasteiger partial charge is 0.165 e. The summed E-state index contributed by atoms with van der Waals surface area (Å²) in [5.41, 5.74) is 12.6. The number of nitrogens with zero attached hydrogens (tertiary/aromatic N) is 5. The number of rotatable bonds is 6. The zero-order valence-electron chi connectivity index (χ0n) is 33.9. The Morgan fingerprint density at radius 2 is 1.08 bits per heavy atom. The lowest BCUT2D eigenvalue weighted by Gasteiger charge is -2.32. The summed E-state index contributed by atoms with van der Waals surface area (Å²) in [5, 5.41) is 4.84. The first-order chi connectivity index (χ1) is 31.2. The average molecular weight is 822 g/mol. The van der Waals surface area contributed by atoms with Gasteiger partial charge in [-0.3, -0.25) is 4.98 Å². The van der Waals surface area contributed by atoms with Crippen molar-refractivity contribution >= 4 is 53.3 Å². The van der Waals surface area contributed by atoms with Crippen LogP contribution in [0.1, 0.15) is 22.4 Å². The van der Waals surface area contributed by atoms with Crippen molar-refractivity contribution in [3.05, 3.63) is 235 Å². The zero-order chi connectivity index (χ0) is 41.5. The normalized spacial score (nSPS) is 14.4. The predicted octanol–water partition coefficient (Wildman–Crippen LogP) is 14.1. The molecule has 0 radical (unpaired) electrons. The van der Waals surface area contributed by atoms with Crippen molar-refractivity contribution in [3.63, 3.8) is 0 Å². The molecule has 1 atom stereocenters. The standard InChI is InChI=1S/C57H35N5S/c1-3-17-36(18-4-1)54-59-55(61-56(60-54)44-27-16-26-43-42-25-9-12-30-51(42)63-53(43)44)37-19-15-22-39(33-37)62-49-29-11-8-24-41(49)46-34-45-40-23-7-10-28-47(40)57(48(45)35-50(46)62,38-20-5-2-6-21-38)52-31-13-14-32-58-52/h1-35H. The average Bonchev–Trinajstić information content (AvgIpc) is 4.00. The van der Waals surface area contributed by atoms with Crippen LogP contribution in [0.2, 0.25) is 0 Å². The summed E-state index contributed by atoms with van der Waals surface area (Å²) < 4.78 is 4.82. The molecule has 63 heavy (non-hydrogen) atoms. The van der Waals surface area contributed by atoms with Crippen molar-refractivity contribution in [2.45, 2.75) is 5.41 Å². The number of para-hydroxylation sites is 1. The number of pyridine rings is 1. The van der Waals surface area contributed by atoms with Gasteiger partial charge in [-0.1, -0.05) is 152 Å². The van der Waals surface area contributed by atoms with Crippen molar-refractivity contribution < 1.29 is 0 Å². The summed E-state index contributed by atoms with van der Waals surface area (Å²) in [6.07, 6.45) is 1.92. The van der Waals surface area contributed by atoms with Crippen LogP contribution < -0.4 is 0 Å². The fraction of sp³-hybridized carbons (Fsp3) is 0.0175. The first-order valence-electron chi connectivity index (χ1n) is 21.2. The van der Waals surface area contributed by atoms with Crippen LogP contribution in [0.25, 0.3) is 93.0 Å². The van der Waals surface area contributed by atoms with E-state index in [2.05, 4.69) is 187 Å². The topological polar surface area (TPSA) is 56.5 Å². The van der Waals surface area contributed by atoms with Crippen molar-refractivity contribution in [2.75, 3.05) is 0 Å². The monoisotopic (exact) mass is 821 g/mol. The number of fused-ring (bicyclic) bond motifs is 9. The molecule has 0 fully saturated rings. The van der Waals surface area contributed by atoms with Crippen molar-refractivity contribution in [1.82, 2.24) is 24.5 Å². The number of benzene rings is 8. The van der Waals surface area contributed by atoms with Crippen LogP contribution in [0.4, 0.5) is 0 Å². The van der Waals surface area contributed by atoms with E-state index in [-0.39, 0.29) is 0 Å². The molecule has 0 saturated carbocycles. The van der Waals surface area contributed by atoms with E-state index in [1.165, 1.54) is 58.8 Å². The summed E-state index contributed by atoms with van der Waals surface area (Å²) in [6, 6.07) is 73.5. The van der Waals surface area contributed by atoms with E-state index in [9.17, 15) is 0 Å². The molecule has 8 aromatic carbocycles. The molecule has 1 aliphatic carbocycles. The van der Waals surface area contributed by atoms with Crippen molar-refractivity contribution in [3.8, 4) is 51.0 Å². The Kier molecular flexibility index (Phi) is 7.92. The third kappa shape index (κ3) is 5.35. The van der Waals surface area contributed by atoms with Gasteiger partial charge in [-0.25, -0.2) is 15.0 Å². The van der Waals surface area contributed by atoms with Crippen LogP contribution in [0.15, 0.2) is 212 Å². The molecule has 13 rings (SSSR count). The van der Waals surface area contributed by atoms with Crippen molar-refractivity contribution in [2.24, 2.45) is 0 Å². The molecule has 1 aliphatic rings. The van der Waals surface area contributed by atoms with Gasteiger partial charge >= 0.3 is 0 Å². The fourth-order valence-corrected chi connectivity index (χ4v) is 11.3. The van der Waals surface area contributed by atoms with Crippen LogP contribution in [0.3, 0.4) is 0 Å². The summed E-state index contributed by atoms with van der Waals surface area (Å²) >= 11 is 1.78. The second-order valence-corrected chi connectivity index (χ2v) is 17.2. The van der Waals surface area contributed by atoms with Gasteiger partial charge in [-0.2, -0.15) is 0 Å². The largest absolute Gasteiger partial charge is 0.309 e. The maximum atomic E-state index is 5.29. The third-order valence-corrected chi connectivity index (χ3v) is 14.0. The molecule has 0 saturated heterocycles. The van der Waals surface area contributed by atoms with Gasteiger partial charge in [0.05, 0.1) is 22.1 Å². The highest BCUT2D eigenvalue weighted by atomic mass is 32.1. The summed E-state index contributed by atoms with van der Waals surface area (Å²) in [4.78, 5) is 20.8. The van der Waals surface area contributed by atoms with Gasteiger partial charge in [0.2, 0.25) is 0 Å². The Bertz CT molecular complexity index is 3700. The second kappa shape index (κ2) is 14.0. The molecule has 12 aromatic rings. The van der Waals surface area contributed by atoms with Gasteiger partial charge in [0.1, 0.15) is 0 Å². The first-order valence-corrected chi connectivity index (χ1v) is 22.0. The quantitative estimate of drug-likeness (QED) is 0.168. The van der Waals surface area contributed by atoms with E-state index in [1.807, 2.05) is 30.5 Å². The summed E-state index contributed by atoms with van der Waals surface area (Å²) in [5.74, 6) is 1.91. The molecule has 294 valence electrons. The molecule has 1 unspecified atom stereocenters. The third-order valence-electron chi connectivity index (χ3n) is 12.8. The van der Waals surface area contributed by atoms with Crippen LogP contribution in [-0.4, -0.2) is 24.5 Å². The fourth-order valence-electron chi connectivity index (χ4n) is 10.1. The molecule has 4 aromatic heterocycles. The van der Waals surface area contributed by atoms with Gasteiger partial charge < -0.3 is 4.57 Å². The molecule has 0 N–H and O–H groups in total. The Morgan fingerprint density at radius 3 is 1.94 bits per heavy atom. The van der Waals surface area contributed by atoms with Gasteiger partial charge in [-0.05, 0) is 82.4 Å². The molecule has 0 aliphatic heterocycles. The Labute approximate surface area is 367 Å². The first kappa shape index (κ1) is 35.7. The minimum atomic E-state index is -0.627. The molecule has 5 nitrogen and oxygen atoms in total. The Morgan fingerprint density at radius 1 is 0.413 bits per heavy atom. The van der Waals surface area contributed by atoms with Crippen molar-refractivity contribution in [1.29, 1.82) is 0 Å². The Hall–Kier alpha value is -8.06. The molecule has 6 heteroatoms. The van der Waals surface area contributed by atoms with Crippen LogP contribution in [-0.2, 0) is 5.41 Å². The summed E-state index contributed by atoms with van der Waals surface area (Å²) in [6.45, 7) is 0. The molecule has 4 heterocycles. The lowest BCUT2D eigenvalue weighted by atomic mass is 9.69. The maximum absolute atomic E-state index is 5.29. The summed E-state index contributed by atoms with van der Waals surface area (Å²) in [7, 11) is 0. The molecular formula is C57H35N5S. The van der Waals surface area contributed by atoms with Gasteiger partial charge in [0.15, 0.2) is 17.5 Å². The number of hydrogen-bond donors (Lipinski definition) is 0. The Balaban J connectivity index is 1.05. The minimum Gasteiger partial charge on any atom is -0.309 e. The number of hydrogen-bond acceptors (Lipinski definition) is 5. The van der Waals surface area contributed by atoms with E-state index >= 15 is 0 Å². The second-order valence-electron chi connectivity index (χ2n) is 16.1. The predicted molar refractivity (Wildman–Crippen MR) is 258 cm³/mol. The van der Waals surface area contributed by atoms with Crippen LogP contribution >= 0.6 is 11.3 Å². The van der Waals surface area contributed by atoms with E-state index in [0.29, 0.717) is 17.5 Å².